The standard InChI is InChI=1S/C12H25N3O/c1-4-12(5-2)6-7-15(9-12)10(3)8-11(13)14-16/h10,16H,4-9H2,1-3H3,(H2,13,14). The third-order valence-electron chi connectivity index (χ3n) is 4.22. The van der Waals surface area contributed by atoms with Crippen molar-refractivity contribution in [2.45, 2.75) is 52.5 Å². The van der Waals surface area contributed by atoms with Crippen LogP contribution in [0.5, 0.6) is 0 Å². The van der Waals surface area contributed by atoms with Crippen LogP contribution >= 0.6 is 0 Å². The van der Waals surface area contributed by atoms with Crippen molar-refractivity contribution in [3.8, 4) is 0 Å². The van der Waals surface area contributed by atoms with Gasteiger partial charge >= 0.3 is 0 Å². The molecule has 0 aliphatic carbocycles. The molecule has 3 N–H and O–H groups in total. The first-order chi connectivity index (χ1) is 7.56. The van der Waals surface area contributed by atoms with Crippen LogP contribution in [0.15, 0.2) is 5.16 Å². The summed E-state index contributed by atoms with van der Waals surface area (Å²) >= 11 is 0. The van der Waals surface area contributed by atoms with Gasteiger partial charge in [0.2, 0.25) is 0 Å². The molecule has 1 aliphatic heterocycles. The molecule has 94 valence electrons. The molecule has 16 heavy (non-hydrogen) atoms. The molecule has 0 spiro atoms. The monoisotopic (exact) mass is 227 g/mol. The average molecular weight is 227 g/mol. The fraction of sp³-hybridized carbons (Fsp3) is 0.917. The lowest BCUT2D eigenvalue weighted by Gasteiger charge is -2.29. The summed E-state index contributed by atoms with van der Waals surface area (Å²) in [5, 5.41) is 11.6. The van der Waals surface area contributed by atoms with Gasteiger partial charge in [-0.25, -0.2) is 0 Å². The van der Waals surface area contributed by atoms with Crippen molar-refractivity contribution in [3.05, 3.63) is 0 Å². The van der Waals surface area contributed by atoms with Gasteiger partial charge in [0.05, 0.1) is 0 Å². The van der Waals surface area contributed by atoms with E-state index in [1.165, 1.54) is 19.3 Å². The zero-order chi connectivity index (χ0) is 12.2. The van der Waals surface area contributed by atoms with E-state index in [9.17, 15) is 0 Å². The van der Waals surface area contributed by atoms with E-state index in [4.69, 9.17) is 10.9 Å². The molecule has 1 rings (SSSR count). The molecular weight excluding hydrogens is 202 g/mol. The van der Waals surface area contributed by atoms with Crippen molar-refractivity contribution >= 4 is 5.84 Å². The number of amidine groups is 1. The van der Waals surface area contributed by atoms with Gasteiger partial charge in [-0.1, -0.05) is 19.0 Å². The number of hydrogen-bond donors (Lipinski definition) is 2. The first-order valence-electron chi connectivity index (χ1n) is 6.27. The van der Waals surface area contributed by atoms with E-state index < -0.39 is 0 Å². The van der Waals surface area contributed by atoms with Crippen LogP contribution in [-0.4, -0.2) is 35.1 Å². The highest BCUT2D eigenvalue weighted by Gasteiger charge is 2.36. The minimum Gasteiger partial charge on any atom is -0.409 e. The molecule has 1 aliphatic rings. The molecule has 0 amide bonds. The summed E-state index contributed by atoms with van der Waals surface area (Å²) in [6.45, 7) is 9.00. The molecule has 1 atom stereocenters. The molecule has 4 nitrogen and oxygen atoms in total. The second-order valence-electron chi connectivity index (χ2n) is 5.07. The number of nitrogens with two attached hydrogens (primary N) is 1. The number of rotatable bonds is 5. The maximum Gasteiger partial charge on any atom is 0.140 e. The van der Waals surface area contributed by atoms with Gasteiger partial charge in [-0.3, -0.25) is 4.90 Å². The second-order valence-corrected chi connectivity index (χ2v) is 5.07. The normalized spacial score (nSPS) is 23.6. The molecule has 0 aromatic carbocycles. The Kier molecular flexibility index (Phi) is 4.59. The Hall–Kier alpha value is -0.770. The van der Waals surface area contributed by atoms with Gasteiger partial charge in [0.25, 0.3) is 0 Å². The van der Waals surface area contributed by atoms with Gasteiger partial charge in [0.1, 0.15) is 5.84 Å². The van der Waals surface area contributed by atoms with E-state index in [1.54, 1.807) is 0 Å². The SMILES string of the molecule is CCC1(CC)CCN(C(C)CC(N)=NO)C1. The van der Waals surface area contributed by atoms with Crippen molar-refractivity contribution in [2.24, 2.45) is 16.3 Å². The van der Waals surface area contributed by atoms with Gasteiger partial charge in [-0.15, -0.1) is 0 Å². The lowest BCUT2D eigenvalue weighted by molar-refractivity contribution is 0.204. The molecule has 1 heterocycles. The average Bonchev–Trinajstić information content (AvgIpc) is 2.74. The predicted octanol–water partition coefficient (Wildman–Crippen LogP) is 2.02. The van der Waals surface area contributed by atoms with Crippen molar-refractivity contribution < 1.29 is 5.21 Å². The molecule has 1 saturated heterocycles. The zero-order valence-electron chi connectivity index (χ0n) is 10.7. The third-order valence-corrected chi connectivity index (χ3v) is 4.22. The fourth-order valence-electron chi connectivity index (χ4n) is 2.65. The Morgan fingerprint density at radius 3 is 2.56 bits per heavy atom. The number of likely N-dealkylation sites (tertiary alicyclic amines) is 1. The smallest absolute Gasteiger partial charge is 0.140 e. The molecule has 0 aromatic heterocycles. The zero-order valence-corrected chi connectivity index (χ0v) is 10.7. The van der Waals surface area contributed by atoms with Crippen LogP contribution in [0.2, 0.25) is 0 Å². The summed E-state index contributed by atoms with van der Waals surface area (Å²) in [6, 6.07) is 0.371. The fourth-order valence-corrected chi connectivity index (χ4v) is 2.65. The lowest BCUT2D eigenvalue weighted by Crippen LogP contribution is -2.36. The maximum atomic E-state index is 8.57. The van der Waals surface area contributed by atoms with Crippen LogP contribution < -0.4 is 5.73 Å². The van der Waals surface area contributed by atoms with E-state index in [-0.39, 0.29) is 0 Å². The minimum atomic E-state index is 0.331. The third kappa shape index (κ3) is 2.88. The predicted molar refractivity (Wildman–Crippen MR) is 66.7 cm³/mol. The van der Waals surface area contributed by atoms with E-state index in [2.05, 4.69) is 30.8 Å². The Balaban J connectivity index is 2.52. The number of nitrogens with zero attached hydrogens (tertiary/aromatic N) is 2. The van der Waals surface area contributed by atoms with Crippen LogP contribution in [0, 0.1) is 5.41 Å². The molecule has 4 heteroatoms. The van der Waals surface area contributed by atoms with Crippen LogP contribution in [-0.2, 0) is 0 Å². The Morgan fingerprint density at radius 2 is 2.12 bits per heavy atom. The molecule has 0 bridgehead atoms. The highest BCUT2D eigenvalue weighted by molar-refractivity contribution is 5.80. The van der Waals surface area contributed by atoms with Crippen LogP contribution in [0.4, 0.5) is 0 Å². The van der Waals surface area contributed by atoms with Gasteiger partial charge in [-0.2, -0.15) is 0 Å². The van der Waals surface area contributed by atoms with Crippen molar-refractivity contribution in [1.29, 1.82) is 0 Å². The first kappa shape index (κ1) is 13.3. The first-order valence-corrected chi connectivity index (χ1v) is 6.27. The minimum absolute atomic E-state index is 0.331. The molecule has 1 fully saturated rings. The molecule has 1 unspecified atom stereocenters. The van der Waals surface area contributed by atoms with E-state index >= 15 is 0 Å². The Labute approximate surface area is 98.5 Å². The van der Waals surface area contributed by atoms with Crippen LogP contribution in [0.25, 0.3) is 0 Å². The summed E-state index contributed by atoms with van der Waals surface area (Å²) in [7, 11) is 0. The number of oxime groups is 1. The van der Waals surface area contributed by atoms with Crippen molar-refractivity contribution in [1.82, 2.24) is 4.90 Å². The van der Waals surface area contributed by atoms with Crippen LogP contribution in [0.1, 0.15) is 46.5 Å². The lowest BCUT2D eigenvalue weighted by atomic mass is 9.82. The second kappa shape index (κ2) is 5.53. The largest absolute Gasteiger partial charge is 0.409 e. The summed E-state index contributed by atoms with van der Waals surface area (Å²) in [5.74, 6) is 0.331. The van der Waals surface area contributed by atoms with Gasteiger partial charge in [0.15, 0.2) is 0 Å². The summed E-state index contributed by atoms with van der Waals surface area (Å²) < 4.78 is 0. The Bertz CT molecular complexity index is 249. The van der Waals surface area contributed by atoms with Crippen molar-refractivity contribution in [3.63, 3.8) is 0 Å². The van der Waals surface area contributed by atoms with Gasteiger partial charge < -0.3 is 10.9 Å². The van der Waals surface area contributed by atoms with Gasteiger partial charge in [0, 0.05) is 19.0 Å². The quantitative estimate of drug-likeness (QED) is 0.327. The topological polar surface area (TPSA) is 61.8 Å². The highest BCUT2D eigenvalue weighted by atomic mass is 16.4. The molecular formula is C12H25N3O. The van der Waals surface area contributed by atoms with Crippen molar-refractivity contribution in [2.75, 3.05) is 13.1 Å². The summed E-state index contributed by atoms with van der Waals surface area (Å²) in [5.41, 5.74) is 6.05. The molecule has 0 saturated carbocycles. The van der Waals surface area contributed by atoms with E-state index in [1.807, 2.05) is 0 Å². The maximum absolute atomic E-state index is 8.57. The van der Waals surface area contributed by atoms with E-state index in [0.717, 1.165) is 13.1 Å². The van der Waals surface area contributed by atoms with E-state index in [0.29, 0.717) is 23.7 Å². The van der Waals surface area contributed by atoms with Crippen LogP contribution in [0.3, 0.4) is 0 Å². The molecule has 0 radical (unpaired) electrons. The van der Waals surface area contributed by atoms with Gasteiger partial charge in [-0.05, 0) is 38.1 Å². The number of hydrogen-bond acceptors (Lipinski definition) is 3. The Morgan fingerprint density at radius 1 is 1.50 bits per heavy atom. The molecule has 0 aromatic rings. The summed E-state index contributed by atoms with van der Waals surface area (Å²) in [6.07, 6.45) is 4.42. The summed E-state index contributed by atoms with van der Waals surface area (Å²) in [4.78, 5) is 2.46. The highest BCUT2D eigenvalue weighted by Crippen LogP contribution is 2.37.